The van der Waals surface area contributed by atoms with Gasteiger partial charge < -0.3 is 5.11 Å². The molecule has 1 aromatic heterocycles. The Morgan fingerprint density at radius 2 is 2.28 bits per heavy atom. The Kier molecular flexibility index (Phi) is 3.26. The predicted molar refractivity (Wildman–Crippen MR) is 63.7 cm³/mol. The molecule has 8 heteroatoms. The van der Waals surface area contributed by atoms with Gasteiger partial charge in [0.2, 0.25) is 0 Å². The second-order valence-corrected chi connectivity index (χ2v) is 4.06. The van der Waals surface area contributed by atoms with Crippen LogP contribution in [0.1, 0.15) is 18.7 Å². The van der Waals surface area contributed by atoms with Gasteiger partial charge in [0.05, 0.1) is 22.9 Å². The minimum Gasteiger partial charge on any atom is -0.387 e. The molecule has 7 nitrogen and oxygen atoms in total. The molecular weight excluding hydrogens is 260 g/mol. The topological polar surface area (TPSA) is 94.1 Å². The van der Waals surface area contributed by atoms with E-state index in [9.17, 15) is 15.2 Å². The molecule has 0 saturated heterocycles. The normalized spacial score (nSPS) is 12.4. The fourth-order valence-electron chi connectivity index (χ4n) is 1.38. The fourth-order valence-corrected chi connectivity index (χ4v) is 1.56. The maximum atomic E-state index is 10.8. The van der Waals surface area contributed by atoms with Crippen LogP contribution in [0.2, 0.25) is 5.02 Å². The molecule has 1 N–H and O–H groups in total. The molecule has 2 aromatic rings. The molecule has 0 aliphatic rings. The standard InChI is InChI=1S/C10H9ClN4O3/c1-6(16)9-5-14(13-12-9)7-2-3-8(11)10(4-7)15(17)18/h2-6,16H,1H3. The number of benzene rings is 1. The van der Waals surface area contributed by atoms with E-state index in [1.807, 2.05) is 0 Å². The van der Waals surface area contributed by atoms with Crippen molar-refractivity contribution < 1.29 is 10.0 Å². The SMILES string of the molecule is CC(O)c1cn(-c2ccc(Cl)c([N+](=O)[O-])c2)nn1. The summed E-state index contributed by atoms with van der Waals surface area (Å²) in [6.07, 6.45) is 0.749. The molecule has 0 aliphatic carbocycles. The van der Waals surface area contributed by atoms with Crippen molar-refractivity contribution in [2.24, 2.45) is 0 Å². The average Bonchev–Trinajstić information content (AvgIpc) is 2.78. The summed E-state index contributed by atoms with van der Waals surface area (Å²) in [4.78, 5) is 10.2. The molecule has 2 rings (SSSR count). The first-order valence-electron chi connectivity index (χ1n) is 5.03. The van der Waals surface area contributed by atoms with E-state index in [-0.39, 0.29) is 10.7 Å². The third-order valence-electron chi connectivity index (χ3n) is 2.33. The van der Waals surface area contributed by atoms with E-state index >= 15 is 0 Å². The Bertz CT molecular complexity index is 597. The lowest BCUT2D eigenvalue weighted by atomic mass is 10.2. The maximum absolute atomic E-state index is 10.8. The third-order valence-corrected chi connectivity index (χ3v) is 2.65. The zero-order valence-corrected chi connectivity index (χ0v) is 10.1. The molecule has 0 radical (unpaired) electrons. The van der Waals surface area contributed by atoms with Gasteiger partial charge in [0.15, 0.2) is 0 Å². The van der Waals surface area contributed by atoms with E-state index in [1.165, 1.54) is 23.0 Å². The van der Waals surface area contributed by atoms with Crippen LogP contribution in [0.3, 0.4) is 0 Å². The van der Waals surface area contributed by atoms with Crippen LogP contribution in [0.25, 0.3) is 5.69 Å². The van der Waals surface area contributed by atoms with Crippen molar-refractivity contribution in [1.29, 1.82) is 0 Å². The Hall–Kier alpha value is -1.99. The minimum absolute atomic E-state index is 0.0552. The van der Waals surface area contributed by atoms with E-state index in [4.69, 9.17) is 11.6 Å². The summed E-state index contributed by atoms with van der Waals surface area (Å²) in [6, 6.07) is 4.29. The molecule has 1 aromatic carbocycles. The summed E-state index contributed by atoms with van der Waals surface area (Å²) in [5, 5.41) is 27.7. The highest BCUT2D eigenvalue weighted by Gasteiger charge is 2.15. The van der Waals surface area contributed by atoms with Crippen LogP contribution in [0.5, 0.6) is 0 Å². The van der Waals surface area contributed by atoms with E-state index in [2.05, 4.69) is 10.3 Å². The van der Waals surface area contributed by atoms with Crippen LogP contribution in [-0.4, -0.2) is 25.0 Å². The molecule has 0 spiro atoms. The Morgan fingerprint density at radius 3 is 2.83 bits per heavy atom. The van der Waals surface area contributed by atoms with Crippen molar-refractivity contribution in [1.82, 2.24) is 15.0 Å². The monoisotopic (exact) mass is 268 g/mol. The molecule has 0 aliphatic heterocycles. The van der Waals surface area contributed by atoms with E-state index in [0.717, 1.165) is 0 Å². The number of nitro groups is 1. The maximum Gasteiger partial charge on any atom is 0.290 e. The van der Waals surface area contributed by atoms with E-state index < -0.39 is 11.0 Å². The summed E-state index contributed by atoms with van der Waals surface area (Å²) in [5.41, 5.74) is 0.626. The van der Waals surface area contributed by atoms with E-state index in [1.54, 1.807) is 13.0 Å². The summed E-state index contributed by atoms with van der Waals surface area (Å²) < 4.78 is 1.34. The highest BCUT2D eigenvalue weighted by Crippen LogP contribution is 2.26. The third kappa shape index (κ3) is 2.31. The first-order chi connectivity index (χ1) is 8.49. The molecular formula is C10H9ClN4O3. The molecule has 0 amide bonds. The Morgan fingerprint density at radius 1 is 1.56 bits per heavy atom. The number of aliphatic hydroxyl groups is 1. The lowest BCUT2D eigenvalue weighted by molar-refractivity contribution is -0.384. The van der Waals surface area contributed by atoms with Crippen LogP contribution >= 0.6 is 11.6 Å². The van der Waals surface area contributed by atoms with Crippen molar-refractivity contribution in [3.05, 3.63) is 45.2 Å². The Labute approximate surface area is 107 Å². The zero-order valence-electron chi connectivity index (χ0n) is 9.32. The van der Waals surface area contributed by atoms with Crippen LogP contribution in [0.15, 0.2) is 24.4 Å². The summed E-state index contributed by atoms with van der Waals surface area (Å²) in [6.45, 7) is 1.55. The molecule has 94 valence electrons. The molecule has 0 bridgehead atoms. The number of halogens is 1. The van der Waals surface area contributed by atoms with Crippen LogP contribution in [-0.2, 0) is 0 Å². The first kappa shape index (κ1) is 12.5. The molecule has 1 atom stereocenters. The highest BCUT2D eigenvalue weighted by atomic mass is 35.5. The molecule has 18 heavy (non-hydrogen) atoms. The van der Waals surface area contributed by atoms with Gasteiger partial charge in [-0.25, -0.2) is 4.68 Å². The van der Waals surface area contributed by atoms with Gasteiger partial charge >= 0.3 is 0 Å². The lowest BCUT2D eigenvalue weighted by Crippen LogP contribution is -1.97. The van der Waals surface area contributed by atoms with Gasteiger partial charge in [-0.2, -0.15) is 0 Å². The summed E-state index contributed by atoms with van der Waals surface area (Å²) >= 11 is 5.71. The zero-order chi connectivity index (χ0) is 13.3. The second kappa shape index (κ2) is 4.71. The minimum atomic E-state index is -0.749. The molecule has 1 unspecified atom stereocenters. The van der Waals surface area contributed by atoms with Crippen LogP contribution < -0.4 is 0 Å². The van der Waals surface area contributed by atoms with Crippen molar-refractivity contribution in [2.45, 2.75) is 13.0 Å². The number of rotatable bonds is 3. The molecule has 0 saturated carbocycles. The smallest absolute Gasteiger partial charge is 0.290 e. The van der Waals surface area contributed by atoms with Crippen molar-refractivity contribution in [3.8, 4) is 5.69 Å². The van der Waals surface area contributed by atoms with Crippen LogP contribution in [0, 0.1) is 10.1 Å². The average molecular weight is 269 g/mol. The van der Waals surface area contributed by atoms with Gasteiger partial charge in [0.1, 0.15) is 10.7 Å². The highest BCUT2D eigenvalue weighted by molar-refractivity contribution is 6.32. The van der Waals surface area contributed by atoms with Crippen molar-refractivity contribution >= 4 is 17.3 Å². The fraction of sp³-hybridized carbons (Fsp3) is 0.200. The van der Waals surface area contributed by atoms with Gasteiger partial charge in [-0.05, 0) is 19.1 Å². The van der Waals surface area contributed by atoms with E-state index in [0.29, 0.717) is 11.4 Å². The van der Waals surface area contributed by atoms with Gasteiger partial charge in [-0.1, -0.05) is 16.8 Å². The number of nitrogens with zero attached hydrogens (tertiary/aromatic N) is 4. The molecule has 1 heterocycles. The first-order valence-corrected chi connectivity index (χ1v) is 5.41. The number of aromatic nitrogens is 3. The quantitative estimate of drug-likeness (QED) is 0.677. The van der Waals surface area contributed by atoms with Crippen LogP contribution in [0.4, 0.5) is 5.69 Å². The number of hydrogen-bond donors (Lipinski definition) is 1. The number of aliphatic hydroxyl groups excluding tert-OH is 1. The van der Waals surface area contributed by atoms with Gasteiger partial charge in [0.25, 0.3) is 5.69 Å². The summed E-state index contributed by atoms with van der Waals surface area (Å²) in [7, 11) is 0. The molecule has 0 fully saturated rings. The summed E-state index contributed by atoms with van der Waals surface area (Å²) in [5.74, 6) is 0. The largest absolute Gasteiger partial charge is 0.387 e. The number of nitro benzene ring substituents is 1. The lowest BCUT2D eigenvalue weighted by Gasteiger charge is -2.01. The van der Waals surface area contributed by atoms with Crippen molar-refractivity contribution in [2.75, 3.05) is 0 Å². The predicted octanol–water partition coefficient (Wildman–Crippen LogP) is 1.88. The second-order valence-electron chi connectivity index (χ2n) is 3.66. The van der Waals surface area contributed by atoms with Gasteiger partial charge in [-0.15, -0.1) is 5.10 Å². The van der Waals surface area contributed by atoms with Gasteiger partial charge in [0, 0.05) is 6.07 Å². The number of hydrogen-bond acceptors (Lipinski definition) is 5. The van der Waals surface area contributed by atoms with Crippen molar-refractivity contribution in [3.63, 3.8) is 0 Å². The van der Waals surface area contributed by atoms with Gasteiger partial charge in [-0.3, -0.25) is 10.1 Å². The Balaban J connectivity index is 2.44.